The minimum atomic E-state index is -1.19. The highest BCUT2D eigenvalue weighted by Gasteiger charge is 2.27. The molecule has 3 aromatic carbocycles. The number of hydrogen-bond acceptors (Lipinski definition) is 6. The van der Waals surface area contributed by atoms with Gasteiger partial charge in [0.25, 0.3) is 0 Å². The number of aromatic nitrogens is 2. The van der Waals surface area contributed by atoms with Crippen LogP contribution in [0, 0.1) is 11.6 Å². The summed E-state index contributed by atoms with van der Waals surface area (Å²) in [6.45, 7) is -0.213. The normalized spacial score (nSPS) is 12.0. The molecule has 0 saturated heterocycles. The van der Waals surface area contributed by atoms with E-state index in [0.717, 1.165) is 0 Å². The maximum Gasteiger partial charge on any atom is 0.173 e. The van der Waals surface area contributed by atoms with Gasteiger partial charge in [0.15, 0.2) is 16.7 Å². The molecule has 0 spiro atoms. The first-order valence-corrected chi connectivity index (χ1v) is 12.7. The van der Waals surface area contributed by atoms with Crippen LogP contribution in [0.2, 0.25) is 5.02 Å². The van der Waals surface area contributed by atoms with Crippen LogP contribution in [-0.2, 0) is 12.2 Å². The van der Waals surface area contributed by atoms with Gasteiger partial charge in [0.2, 0.25) is 0 Å². The largest absolute Gasteiger partial charge is 0.493 e. The summed E-state index contributed by atoms with van der Waals surface area (Å²) in [7, 11) is 3.01. The zero-order valence-corrected chi connectivity index (χ0v) is 21.7. The summed E-state index contributed by atoms with van der Waals surface area (Å²) in [5.74, 6) is 0.224. The molecule has 10 heteroatoms. The van der Waals surface area contributed by atoms with Crippen LogP contribution in [0.4, 0.5) is 8.78 Å². The molecule has 1 aromatic heterocycles. The predicted octanol–water partition coefficient (Wildman–Crippen LogP) is 5.73. The Morgan fingerprint density at radius 3 is 2.41 bits per heavy atom. The lowest BCUT2D eigenvalue weighted by molar-refractivity contribution is 0.209. The van der Waals surface area contributed by atoms with Crippen molar-refractivity contribution in [3.63, 3.8) is 0 Å². The monoisotopic (exact) mass is 546 g/mol. The van der Waals surface area contributed by atoms with Crippen molar-refractivity contribution in [3.8, 4) is 17.2 Å². The van der Waals surface area contributed by atoms with E-state index >= 15 is 0 Å². The number of aliphatic hydroxyl groups is 2. The second-order valence-electron chi connectivity index (χ2n) is 8.02. The number of methoxy groups -OCH3 is 2. The molecule has 1 unspecified atom stereocenters. The third-order valence-corrected chi connectivity index (χ3v) is 7.10. The molecule has 0 aliphatic carbocycles. The highest BCUT2D eigenvalue weighted by molar-refractivity contribution is 7.98. The molecule has 4 rings (SSSR count). The molecule has 0 radical (unpaired) electrons. The average molecular weight is 547 g/mol. The number of hydrogen-bond donors (Lipinski definition) is 2. The molecule has 6 nitrogen and oxygen atoms in total. The van der Waals surface area contributed by atoms with E-state index in [9.17, 15) is 19.0 Å². The maximum atomic E-state index is 14.4. The van der Waals surface area contributed by atoms with Crippen LogP contribution < -0.4 is 9.47 Å². The van der Waals surface area contributed by atoms with Gasteiger partial charge in [-0.2, -0.15) is 0 Å². The zero-order valence-electron chi connectivity index (χ0n) is 20.1. The topological polar surface area (TPSA) is 76.7 Å². The van der Waals surface area contributed by atoms with Gasteiger partial charge in [0.05, 0.1) is 25.6 Å². The van der Waals surface area contributed by atoms with Gasteiger partial charge in [-0.25, -0.2) is 13.8 Å². The average Bonchev–Trinajstić information content (AvgIpc) is 3.26. The molecule has 37 heavy (non-hydrogen) atoms. The third kappa shape index (κ3) is 5.75. The van der Waals surface area contributed by atoms with Gasteiger partial charge in [0, 0.05) is 35.1 Å². The SMILES string of the molecule is COc1ccc(C(O)c2c(CCO)nc(SCc3c(F)cccc3Cl)n2-c2ccc(F)cc2)cc1OC. The Bertz CT molecular complexity index is 1360. The molecule has 0 saturated carbocycles. The van der Waals surface area contributed by atoms with E-state index in [4.69, 9.17) is 21.1 Å². The minimum absolute atomic E-state index is 0.155. The van der Waals surface area contributed by atoms with Crippen molar-refractivity contribution < 1.29 is 28.5 Å². The number of halogens is 3. The van der Waals surface area contributed by atoms with Crippen molar-refractivity contribution >= 4 is 23.4 Å². The second-order valence-corrected chi connectivity index (χ2v) is 9.37. The van der Waals surface area contributed by atoms with Crippen molar-refractivity contribution in [1.82, 2.24) is 9.55 Å². The quantitative estimate of drug-likeness (QED) is 0.247. The Balaban J connectivity index is 1.85. The van der Waals surface area contributed by atoms with E-state index in [1.54, 1.807) is 41.0 Å². The summed E-state index contributed by atoms with van der Waals surface area (Å²) in [6, 6.07) is 15.2. The van der Waals surface area contributed by atoms with Gasteiger partial charge < -0.3 is 19.7 Å². The fourth-order valence-electron chi connectivity index (χ4n) is 3.95. The van der Waals surface area contributed by atoms with Crippen molar-refractivity contribution in [1.29, 1.82) is 0 Å². The second kappa shape index (κ2) is 12.0. The van der Waals surface area contributed by atoms with Crippen LogP contribution in [0.1, 0.15) is 28.6 Å². The molecule has 1 heterocycles. The fraction of sp³-hybridized carbons (Fsp3) is 0.222. The molecule has 2 N–H and O–H groups in total. The number of nitrogens with zero attached hydrogens (tertiary/aromatic N) is 2. The van der Waals surface area contributed by atoms with E-state index in [0.29, 0.717) is 44.9 Å². The van der Waals surface area contributed by atoms with E-state index in [1.807, 2.05) is 0 Å². The Morgan fingerprint density at radius 1 is 1.03 bits per heavy atom. The molecule has 0 amide bonds. The summed E-state index contributed by atoms with van der Waals surface area (Å²) in [6.07, 6.45) is -1.03. The maximum absolute atomic E-state index is 14.4. The molecule has 194 valence electrons. The van der Waals surface area contributed by atoms with Crippen LogP contribution >= 0.6 is 23.4 Å². The molecule has 0 aliphatic heterocycles. The Labute approximate surface area is 222 Å². The van der Waals surface area contributed by atoms with Crippen molar-refractivity contribution in [3.05, 3.63) is 99.8 Å². The minimum Gasteiger partial charge on any atom is -0.493 e. The number of thioether (sulfide) groups is 1. The van der Waals surface area contributed by atoms with Crippen LogP contribution in [0.3, 0.4) is 0 Å². The van der Waals surface area contributed by atoms with E-state index in [1.165, 1.54) is 50.2 Å². The Morgan fingerprint density at radius 2 is 1.76 bits per heavy atom. The van der Waals surface area contributed by atoms with Crippen LogP contribution in [0.25, 0.3) is 5.69 Å². The summed E-state index contributed by atoms with van der Waals surface area (Å²) >= 11 is 7.43. The molecule has 0 fully saturated rings. The zero-order chi connectivity index (χ0) is 26.5. The summed E-state index contributed by atoms with van der Waals surface area (Å²) in [5, 5.41) is 22.0. The molecule has 4 aromatic rings. The fourth-order valence-corrected chi connectivity index (χ4v) is 5.33. The van der Waals surface area contributed by atoms with E-state index < -0.39 is 17.7 Å². The van der Waals surface area contributed by atoms with Crippen LogP contribution in [0.5, 0.6) is 11.5 Å². The summed E-state index contributed by atoms with van der Waals surface area (Å²) < 4.78 is 40.6. The Hall–Kier alpha value is -3.11. The highest BCUT2D eigenvalue weighted by atomic mass is 35.5. The van der Waals surface area contributed by atoms with Crippen molar-refractivity contribution in [2.24, 2.45) is 0 Å². The lowest BCUT2D eigenvalue weighted by atomic mass is 10.0. The van der Waals surface area contributed by atoms with Crippen LogP contribution in [0.15, 0.2) is 65.8 Å². The Kier molecular flexibility index (Phi) is 8.71. The predicted molar refractivity (Wildman–Crippen MR) is 139 cm³/mol. The van der Waals surface area contributed by atoms with Gasteiger partial charge in [0.1, 0.15) is 17.7 Å². The first-order chi connectivity index (χ1) is 17.9. The smallest absolute Gasteiger partial charge is 0.173 e. The number of imidazole rings is 1. The molecular weight excluding hydrogens is 522 g/mol. The van der Waals surface area contributed by atoms with E-state index in [-0.39, 0.29) is 23.8 Å². The molecular formula is C27H25ClF2N2O4S. The summed E-state index contributed by atoms with van der Waals surface area (Å²) in [5.41, 5.74) is 2.17. The van der Waals surface area contributed by atoms with Gasteiger partial charge in [-0.3, -0.25) is 4.57 Å². The number of aliphatic hydroxyl groups excluding tert-OH is 2. The lowest BCUT2D eigenvalue weighted by Gasteiger charge is -2.19. The first-order valence-electron chi connectivity index (χ1n) is 11.3. The molecule has 0 aliphatic rings. The van der Waals surface area contributed by atoms with Gasteiger partial charge in [-0.15, -0.1) is 0 Å². The van der Waals surface area contributed by atoms with E-state index in [2.05, 4.69) is 4.98 Å². The van der Waals surface area contributed by atoms with Gasteiger partial charge in [-0.1, -0.05) is 35.5 Å². The van der Waals surface area contributed by atoms with Gasteiger partial charge >= 0.3 is 0 Å². The van der Waals surface area contributed by atoms with Crippen LogP contribution in [-0.4, -0.2) is 40.6 Å². The first kappa shape index (κ1) is 26.9. The number of ether oxygens (including phenoxy) is 2. The highest BCUT2D eigenvalue weighted by Crippen LogP contribution is 2.38. The van der Waals surface area contributed by atoms with Crippen molar-refractivity contribution in [2.45, 2.75) is 23.4 Å². The van der Waals surface area contributed by atoms with Gasteiger partial charge in [-0.05, 0) is 54.1 Å². The van der Waals surface area contributed by atoms with Crippen molar-refractivity contribution in [2.75, 3.05) is 20.8 Å². The lowest BCUT2D eigenvalue weighted by Crippen LogP contribution is -2.11. The molecule has 1 atom stereocenters. The number of benzene rings is 3. The summed E-state index contributed by atoms with van der Waals surface area (Å²) in [4.78, 5) is 4.69. The third-order valence-electron chi connectivity index (χ3n) is 5.78. The number of rotatable bonds is 10. The standard InChI is InChI=1S/C27H25ClF2N2O4S/c1-35-23-11-6-16(14-24(23)36-2)26(34)25-22(12-13-33)31-27(32(25)18-9-7-17(29)8-10-18)37-15-19-20(28)4-3-5-21(19)30/h3-11,14,26,33-34H,12-13,15H2,1-2H3. The molecule has 0 bridgehead atoms.